The molecule has 1 aromatic carbocycles. The van der Waals surface area contributed by atoms with Crippen LogP contribution in [0.3, 0.4) is 0 Å². The Morgan fingerprint density at radius 3 is 2.62 bits per heavy atom. The van der Waals surface area contributed by atoms with Gasteiger partial charge in [-0.15, -0.1) is 11.8 Å². The SMILES string of the molecule is Nc1cccc(Cl)c1SCC(=O)N1CCC(C(=O)O)CC1. The Hall–Kier alpha value is -1.40. The van der Waals surface area contributed by atoms with Crippen LogP contribution in [0.15, 0.2) is 23.1 Å². The van der Waals surface area contributed by atoms with Gasteiger partial charge in [-0.2, -0.15) is 0 Å². The first-order chi connectivity index (χ1) is 9.99. The number of thioether (sulfide) groups is 1. The Labute approximate surface area is 132 Å². The van der Waals surface area contributed by atoms with Gasteiger partial charge in [-0.1, -0.05) is 17.7 Å². The highest BCUT2D eigenvalue weighted by Crippen LogP contribution is 2.32. The third kappa shape index (κ3) is 4.04. The van der Waals surface area contributed by atoms with Gasteiger partial charge >= 0.3 is 5.97 Å². The highest BCUT2D eigenvalue weighted by molar-refractivity contribution is 8.00. The van der Waals surface area contributed by atoms with Crippen molar-refractivity contribution in [1.82, 2.24) is 4.90 Å². The minimum atomic E-state index is -0.777. The molecule has 0 aromatic heterocycles. The Morgan fingerprint density at radius 2 is 2.05 bits per heavy atom. The van der Waals surface area contributed by atoms with Crippen LogP contribution >= 0.6 is 23.4 Å². The third-order valence-electron chi connectivity index (χ3n) is 3.53. The van der Waals surface area contributed by atoms with Crippen molar-refractivity contribution < 1.29 is 14.7 Å². The lowest BCUT2D eigenvalue weighted by molar-refractivity contribution is -0.145. The van der Waals surface area contributed by atoms with Crippen molar-refractivity contribution in [3.63, 3.8) is 0 Å². The summed E-state index contributed by atoms with van der Waals surface area (Å²) < 4.78 is 0. The normalized spacial score (nSPS) is 16.0. The fourth-order valence-corrected chi connectivity index (χ4v) is 3.52. The van der Waals surface area contributed by atoms with Crippen LogP contribution in [0, 0.1) is 5.92 Å². The number of carboxylic acids is 1. The number of hydrogen-bond donors (Lipinski definition) is 2. The van der Waals surface area contributed by atoms with Crippen LogP contribution in [0.5, 0.6) is 0 Å². The quantitative estimate of drug-likeness (QED) is 0.654. The van der Waals surface area contributed by atoms with Crippen LogP contribution in [-0.4, -0.2) is 40.7 Å². The molecule has 0 aliphatic carbocycles. The molecule has 0 bridgehead atoms. The lowest BCUT2D eigenvalue weighted by atomic mass is 9.97. The van der Waals surface area contributed by atoms with Gasteiger partial charge in [0.2, 0.25) is 5.91 Å². The number of amides is 1. The molecule has 0 radical (unpaired) electrons. The number of aliphatic carboxylic acids is 1. The maximum atomic E-state index is 12.1. The molecular formula is C14H17ClN2O3S. The van der Waals surface area contributed by atoms with Crippen molar-refractivity contribution in [3.8, 4) is 0 Å². The molecule has 3 N–H and O–H groups in total. The van der Waals surface area contributed by atoms with Crippen molar-refractivity contribution >= 4 is 40.9 Å². The Kier molecular flexibility index (Phi) is 5.36. The van der Waals surface area contributed by atoms with E-state index < -0.39 is 5.97 Å². The molecule has 5 nitrogen and oxygen atoms in total. The van der Waals surface area contributed by atoms with Crippen molar-refractivity contribution in [2.75, 3.05) is 24.6 Å². The maximum absolute atomic E-state index is 12.1. The molecule has 0 saturated carbocycles. The van der Waals surface area contributed by atoms with Crippen molar-refractivity contribution in [2.24, 2.45) is 5.92 Å². The van der Waals surface area contributed by atoms with E-state index in [0.717, 1.165) is 0 Å². The van der Waals surface area contributed by atoms with Crippen LogP contribution in [0.1, 0.15) is 12.8 Å². The Balaban J connectivity index is 1.87. The molecule has 1 saturated heterocycles. The van der Waals surface area contributed by atoms with Crippen molar-refractivity contribution in [3.05, 3.63) is 23.2 Å². The number of carboxylic acid groups (broad SMARTS) is 1. The van der Waals surface area contributed by atoms with Crippen molar-refractivity contribution in [1.29, 1.82) is 0 Å². The van der Waals surface area contributed by atoms with Gasteiger partial charge in [-0.3, -0.25) is 9.59 Å². The van der Waals surface area contributed by atoms with E-state index in [-0.39, 0.29) is 17.6 Å². The molecule has 0 atom stereocenters. The predicted octanol–water partition coefficient (Wildman–Crippen LogP) is 2.34. The van der Waals surface area contributed by atoms with Gasteiger partial charge in [0.1, 0.15) is 0 Å². The lowest BCUT2D eigenvalue weighted by Crippen LogP contribution is -2.41. The van der Waals surface area contributed by atoms with Gasteiger partial charge in [0, 0.05) is 23.7 Å². The summed E-state index contributed by atoms with van der Waals surface area (Å²) in [6, 6.07) is 5.25. The summed E-state index contributed by atoms with van der Waals surface area (Å²) in [6.07, 6.45) is 1.03. The van der Waals surface area contributed by atoms with Gasteiger partial charge in [0.15, 0.2) is 0 Å². The number of likely N-dealkylation sites (tertiary alicyclic amines) is 1. The molecule has 1 aliphatic rings. The van der Waals surface area contributed by atoms with Gasteiger partial charge in [-0.25, -0.2) is 0 Å². The summed E-state index contributed by atoms with van der Waals surface area (Å²) in [6.45, 7) is 0.989. The Morgan fingerprint density at radius 1 is 1.38 bits per heavy atom. The molecular weight excluding hydrogens is 312 g/mol. The number of rotatable bonds is 4. The van der Waals surface area contributed by atoms with E-state index in [1.54, 1.807) is 23.1 Å². The van der Waals surface area contributed by atoms with Gasteiger partial charge in [0.25, 0.3) is 0 Å². The molecule has 7 heteroatoms. The van der Waals surface area contributed by atoms with Gasteiger partial charge in [-0.05, 0) is 25.0 Å². The standard InChI is InChI=1S/C14H17ClN2O3S/c15-10-2-1-3-11(16)13(10)21-8-12(18)17-6-4-9(5-7-17)14(19)20/h1-3,9H,4-8,16H2,(H,19,20). The second-order valence-corrected chi connectivity index (χ2v) is 6.33. The number of nitrogens with two attached hydrogens (primary N) is 1. The minimum absolute atomic E-state index is 0.0110. The van der Waals surface area contributed by atoms with Crippen molar-refractivity contribution in [2.45, 2.75) is 17.7 Å². The number of piperidine rings is 1. The topological polar surface area (TPSA) is 83.6 Å². The monoisotopic (exact) mass is 328 g/mol. The predicted molar refractivity (Wildman–Crippen MR) is 83.5 cm³/mol. The molecule has 0 unspecified atom stereocenters. The molecule has 2 rings (SSSR count). The second kappa shape index (κ2) is 7.04. The number of carbonyl (C=O) groups excluding carboxylic acids is 1. The third-order valence-corrected chi connectivity index (χ3v) is 5.10. The van der Waals surface area contributed by atoms with E-state index in [2.05, 4.69) is 0 Å². The summed E-state index contributed by atoms with van der Waals surface area (Å²) in [4.78, 5) is 25.4. The van der Waals surface area contributed by atoms with Gasteiger partial charge in [0.05, 0.1) is 16.7 Å². The first-order valence-electron chi connectivity index (χ1n) is 6.66. The minimum Gasteiger partial charge on any atom is -0.481 e. The van der Waals surface area contributed by atoms with E-state index in [9.17, 15) is 9.59 Å². The summed E-state index contributed by atoms with van der Waals surface area (Å²) in [5.74, 6) is -0.865. The van der Waals surface area contributed by atoms with E-state index in [0.29, 0.717) is 41.5 Å². The summed E-state index contributed by atoms with van der Waals surface area (Å²) in [5, 5.41) is 9.48. The molecule has 1 heterocycles. The summed E-state index contributed by atoms with van der Waals surface area (Å²) >= 11 is 7.38. The number of nitrogen functional groups attached to an aromatic ring is 1. The smallest absolute Gasteiger partial charge is 0.306 e. The summed E-state index contributed by atoms with van der Waals surface area (Å²) in [5.41, 5.74) is 6.40. The van der Waals surface area contributed by atoms with Gasteiger partial charge < -0.3 is 15.7 Å². The highest BCUT2D eigenvalue weighted by atomic mass is 35.5. The van der Waals surface area contributed by atoms with Crippen LogP contribution < -0.4 is 5.73 Å². The zero-order valence-corrected chi connectivity index (χ0v) is 13.0. The fourth-order valence-electron chi connectivity index (χ4n) is 2.28. The van der Waals surface area contributed by atoms with Crippen LogP contribution in [-0.2, 0) is 9.59 Å². The highest BCUT2D eigenvalue weighted by Gasteiger charge is 2.26. The van der Waals surface area contributed by atoms with E-state index in [1.165, 1.54) is 11.8 Å². The largest absolute Gasteiger partial charge is 0.481 e. The van der Waals surface area contributed by atoms with E-state index in [1.807, 2.05) is 0 Å². The van der Waals surface area contributed by atoms with Crippen LogP contribution in [0.2, 0.25) is 5.02 Å². The Bertz CT molecular complexity index is 525. The maximum Gasteiger partial charge on any atom is 0.306 e. The zero-order valence-electron chi connectivity index (χ0n) is 11.4. The summed E-state index contributed by atoms with van der Waals surface area (Å²) in [7, 11) is 0. The number of carbonyl (C=O) groups is 2. The number of halogens is 1. The molecule has 21 heavy (non-hydrogen) atoms. The van der Waals surface area contributed by atoms with E-state index in [4.69, 9.17) is 22.4 Å². The number of hydrogen-bond acceptors (Lipinski definition) is 4. The molecule has 1 aliphatic heterocycles. The number of anilines is 1. The van der Waals surface area contributed by atoms with Crippen LogP contribution in [0.4, 0.5) is 5.69 Å². The molecule has 1 fully saturated rings. The zero-order chi connectivity index (χ0) is 15.4. The average Bonchev–Trinajstić information content (AvgIpc) is 2.46. The number of nitrogens with zero attached hydrogens (tertiary/aromatic N) is 1. The lowest BCUT2D eigenvalue weighted by Gasteiger charge is -2.30. The first kappa shape index (κ1) is 16.0. The van der Waals surface area contributed by atoms with E-state index >= 15 is 0 Å². The van der Waals surface area contributed by atoms with Crippen LogP contribution in [0.25, 0.3) is 0 Å². The average molecular weight is 329 g/mol. The molecule has 1 amide bonds. The molecule has 114 valence electrons. The second-order valence-electron chi connectivity index (χ2n) is 4.94. The molecule has 1 aromatic rings. The fraction of sp³-hybridized carbons (Fsp3) is 0.429. The first-order valence-corrected chi connectivity index (χ1v) is 8.02. The molecule has 0 spiro atoms. The number of benzene rings is 1.